The third-order valence-electron chi connectivity index (χ3n) is 4.54. The normalized spacial score (nSPS) is 22.9. The summed E-state index contributed by atoms with van der Waals surface area (Å²) in [7, 11) is 0. The van der Waals surface area contributed by atoms with Gasteiger partial charge in [-0.2, -0.15) is 0 Å². The van der Waals surface area contributed by atoms with Gasteiger partial charge in [0.1, 0.15) is 0 Å². The molecule has 18 heavy (non-hydrogen) atoms. The van der Waals surface area contributed by atoms with Crippen molar-refractivity contribution in [2.75, 3.05) is 0 Å². The second-order valence-corrected chi connectivity index (χ2v) is 5.82. The number of ketones is 1. The van der Waals surface area contributed by atoms with Crippen LogP contribution in [0.4, 0.5) is 0 Å². The minimum Gasteiger partial charge on any atom is -0.294 e. The van der Waals surface area contributed by atoms with Crippen LogP contribution < -0.4 is 0 Å². The standard InChI is InChI=1S/C17H24O/c1-4-6-7-13-8-9-15-14(12-13)16(18)10-11-17(15,3)5-2/h8-9,12H,4-7,10-11H2,1-3H3/t17-/m1/s1. The lowest BCUT2D eigenvalue weighted by atomic mass is 9.69. The van der Waals surface area contributed by atoms with E-state index in [4.69, 9.17) is 0 Å². The van der Waals surface area contributed by atoms with E-state index in [1.807, 2.05) is 0 Å². The molecule has 98 valence electrons. The van der Waals surface area contributed by atoms with Gasteiger partial charge in [-0.15, -0.1) is 0 Å². The smallest absolute Gasteiger partial charge is 0.163 e. The summed E-state index contributed by atoms with van der Waals surface area (Å²) in [5, 5.41) is 0. The Hall–Kier alpha value is -1.11. The van der Waals surface area contributed by atoms with Crippen molar-refractivity contribution in [1.29, 1.82) is 0 Å². The van der Waals surface area contributed by atoms with Gasteiger partial charge in [0.05, 0.1) is 0 Å². The number of carbonyl (C=O) groups is 1. The number of benzene rings is 1. The molecule has 0 bridgehead atoms. The van der Waals surface area contributed by atoms with Crippen molar-refractivity contribution in [3.63, 3.8) is 0 Å². The van der Waals surface area contributed by atoms with Crippen LogP contribution in [0.15, 0.2) is 18.2 Å². The lowest BCUT2D eigenvalue weighted by molar-refractivity contribution is 0.0953. The summed E-state index contributed by atoms with van der Waals surface area (Å²) in [6.07, 6.45) is 6.34. The lowest BCUT2D eigenvalue weighted by Gasteiger charge is -2.34. The van der Waals surface area contributed by atoms with E-state index < -0.39 is 0 Å². The molecule has 1 aromatic rings. The molecule has 0 fully saturated rings. The molecule has 0 aliphatic heterocycles. The highest BCUT2D eigenvalue weighted by atomic mass is 16.1. The third-order valence-corrected chi connectivity index (χ3v) is 4.54. The largest absolute Gasteiger partial charge is 0.294 e. The number of fused-ring (bicyclic) bond motifs is 1. The van der Waals surface area contributed by atoms with E-state index >= 15 is 0 Å². The fourth-order valence-corrected chi connectivity index (χ4v) is 2.91. The first kappa shape index (κ1) is 13.3. The maximum Gasteiger partial charge on any atom is 0.163 e. The van der Waals surface area contributed by atoms with Crippen molar-refractivity contribution in [3.8, 4) is 0 Å². The molecular weight excluding hydrogens is 220 g/mol. The molecule has 0 radical (unpaired) electrons. The minimum atomic E-state index is 0.201. The van der Waals surface area contributed by atoms with Gasteiger partial charge in [0, 0.05) is 12.0 Å². The van der Waals surface area contributed by atoms with E-state index in [-0.39, 0.29) is 5.41 Å². The first-order valence-corrected chi connectivity index (χ1v) is 7.27. The van der Waals surface area contributed by atoms with Crippen LogP contribution in [0.3, 0.4) is 0 Å². The lowest BCUT2D eigenvalue weighted by Crippen LogP contribution is -2.29. The molecule has 0 heterocycles. The second kappa shape index (κ2) is 5.26. The molecule has 0 aromatic heterocycles. The Balaban J connectivity index is 2.38. The summed E-state index contributed by atoms with van der Waals surface area (Å²) < 4.78 is 0. The van der Waals surface area contributed by atoms with Gasteiger partial charge in [0.2, 0.25) is 0 Å². The Labute approximate surface area is 111 Å². The molecule has 1 atom stereocenters. The molecule has 1 nitrogen and oxygen atoms in total. The monoisotopic (exact) mass is 244 g/mol. The van der Waals surface area contributed by atoms with Crippen molar-refractivity contribution < 1.29 is 4.79 Å². The number of hydrogen-bond acceptors (Lipinski definition) is 1. The van der Waals surface area contributed by atoms with Crippen LogP contribution in [0.2, 0.25) is 0 Å². The maximum absolute atomic E-state index is 12.1. The highest BCUT2D eigenvalue weighted by Gasteiger charge is 2.33. The van der Waals surface area contributed by atoms with Crippen LogP contribution in [0, 0.1) is 0 Å². The average molecular weight is 244 g/mol. The van der Waals surface area contributed by atoms with Crippen molar-refractivity contribution >= 4 is 5.78 Å². The fraction of sp³-hybridized carbons (Fsp3) is 0.588. The van der Waals surface area contributed by atoms with Crippen molar-refractivity contribution in [2.45, 2.75) is 64.7 Å². The highest BCUT2D eigenvalue weighted by Crippen LogP contribution is 2.39. The van der Waals surface area contributed by atoms with Gasteiger partial charge in [-0.1, -0.05) is 39.3 Å². The molecule has 2 rings (SSSR count). The minimum absolute atomic E-state index is 0.201. The van der Waals surface area contributed by atoms with E-state index in [1.54, 1.807) is 0 Å². The molecule has 0 amide bonds. The Bertz CT molecular complexity index is 447. The molecular formula is C17H24O. The van der Waals surface area contributed by atoms with Gasteiger partial charge in [-0.05, 0) is 48.3 Å². The summed E-state index contributed by atoms with van der Waals surface area (Å²) >= 11 is 0. The summed E-state index contributed by atoms with van der Waals surface area (Å²) in [4.78, 5) is 12.1. The molecule has 1 heteroatoms. The van der Waals surface area contributed by atoms with E-state index in [1.165, 1.54) is 24.0 Å². The van der Waals surface area contributed by atoms with E-state index in [0.29, 0.717) is 12.2 Å². The number of Topliss-reactive ketones (excluding diaryl/α,β-unsaturated/α-hetero) is 1. The van der Waals surface area contributed by atoms with Crippen molar-refractivity contribution in [1.82, 2.24) is 0 Å². The summed E-state index contributed by atoms with van der Waals surface area (Å²) in [6.45, 7) is 6.73. The fourth-order valence-electron chi connectivity index (χ4n) is 2.91. The topological polar surface area (TPSA) is 17.1 Å². The van der Waals surface area contributed by atoms with Gasteiger partial charge in [-0.3, -0.25) is 4.79 Å². The zero-order chi connectivity index (χ0) is 13.2. The number of rotatable bonds is 4. The molecule has 0 saturated heterocycles. The average Bonchev–Trinajstić information content (AvgIpc) is 2.41. The third kappa shape index (κ3) is 2.36. The number of unbranched alkanes of at least 4 members (excludes halogenated alkanes) is 1. The quantitative estimate of drug-likeness (QED) is 0.752. The predicted octanol–water partition coefficient (Wildman–Crippen LogP) is 4.67. The van der Waals surface area contributed by atoms with E-state index in [9.17, 15) is 4.79 Å². The van der Waals surface area contributed by atoms with Crippen LogP contribution >= 0.6 is 0 Å². The van der Waals surface area contributed by atoms with Gasteiger partial charge >= 0.3 is 0 Å². The molecule has 0 N–H and O–H groups in total. The molecule has 0 saturated carbocycles. The van der Waals surface area contributed by atoms with Crippen LogP contribution in [-0.2, 0) is 11.8 Å². The summed E-state index contributed by atoms with van der Waals surface area (Å²) in [6, 6.07) is 6.59. The maximum atomic E-state index is 12.1. The summed E-state index contributed by atoms with van der Waals surface area (Å²) in [5.74, 6) is 0.342. The van der Waals surface area contributed by atoms with Crippen LogP contribution in [0.5, 0.6) is 0 Å². The molecule has 0 unspecified atom stereocenters. The second-order valence-electron chi connectivity index (χ2n) is 5.82. The Morgan fingerprint density at radius 1 is 1.28 bits per heavy atom. The van der Waals surface area contributed by atoms with Gasteiger partial charge < -0.3 is 0 Å². The molecule has 1 aliphatic rings. The molecule has 1 aliphatic carbocycles. The number of aryl methyl sites for hydroxylation is 1. The first-order chi connectivity index (χ1) is 8.60. The summed E-state index contributed by atoms with van der Waals surface area (Å²) in [5.41, 5.74) is 3.80. The number of carbonyl (C=O) groups excluding carboxylic acids is 1. The molecule has 1 aromatic carbocycles. The van der Waals surface area contributed by atoms with E-state index in [2.05, 4.69) is 39.0 Å². The van der Waals surface area contributed by atoms with Crippen LogP contribution in [0.1, 0.15) is 74.4 Å². The zero-order valence-electron chi connectivity index (χ0n) is 11.9. The zero-order valence-corrected chi connectivity index (χ0v) is 11.9. The number of hydrogen-bond donors (Lipinski definition) is 0. The Morgan fingerprint density at radius 2 is 2.06 bits per heavy atom. The van der Waals surface area contributed by atoms with Crippen molar-refractivity contribution in [3.05, 3.63) is 34.9 Å². The molecule has 0 spiro atoms. The Morgan fingerprint density at radius 3 is 2.72 bits per heavy atom. The van der Waals surface area contributed by atoms with Gasteiger partial charge in [-0.25, -0.2) is 0 Å². The van der Waals surface area contributed by atoms with E-state index in [0.717, 1.165) is 24.8 Å². The van der Waals surface area contributed by atoms with Gasteiger partial charge in [0.15, 0.2) is 5.78 Å². The first-order valence-electron chi connectivity index (χ1n) is 7.27. The highest BCUT2D eigenvalue weighted by molar-refractivity contribution is 5.99. The van der Waals surface area contributed by atoms with Crippen molar-refractivity contribution in [2.24, 2.45) is 0 Å². The predicted molar refractivity (Wildman–Crippen MR) is 76.3 cm³/mol. The van der Waals surface area contributed by atoms with Crippen LogP contribution in [-0.4, -0.2) is 5.78 Å². The SMILES string of the molecule is CCCCc1ccc2c(c1)C(=O)CC[C@@]2(C)CC. The Kier molecular flexibility index (Phi) is 3.89. The van der Waals surface area contributed by atoms with Gasteiger partial charge in [0.25, 0.3) is 0 Å². The van der Waals surface area contributed by atoms with Crippen LogP contribution in [0.25, 0.3) is 0 Å².